The van der Waals surface area contributed by atoms with Crippen LogP contribution in [-0.2, 0) is 23.0 Å². The van der Waals surface area contributed by atoms with Gasteiger partial charge in [0.2, 0.25) is 10.0 Å². The van der Waals surface area contributed by atoms with Gasteiger partial charge in [0.25, 0.3) is 5.91 Å². The highest BCUT2D eigenvalue weighted by Gasteiger charge is 2.37. The molecule has 1 heterocycles. The minimum atomic E-state index is -3.65. The Morgan fingerprint density at radius 2 is 1.82 bits per heavy atom. The molecule has 4 rings (SSSR count). The largest absolute Gasteiger partial charge is 0.343 e. The number of hydrogen-bond acceptors (Lipinski definition) is 7. The van der Waals surface area contributed by atoms with Gasteiger partial charge in [0, 0.05) is 23.0 Å². The van der Waals surface area contributed by atoms with Gasteiger partial charge in [-0.3, -0.25) is 4.79 Å². The second-order valence-corrected chi connectivity index (χ2v) is 11.8. The molecular formula is C24H23ClN4O3S2. The van der Waals surface area contributed by atoms with Gasteiger partial charge in [0.15, 0.2) is 5.13 Å². The molecule has 3 aromatic rings. The summed E-state index contributed by atoms with van der Waals surface area (Å²) in [7, 11) is -3.65. The van der Waals surface area contributed by atoms with Crippen LogP contribution in [0.5, 0.6) is 0 Å². The van der Waals surface area contributed by atoms with E-state index in [0.29, 0.717) is 52.9 Å². The van der Waals surface area contributed by atoms with Crippen LogP contribution in [0.25, 0.3) is 0 Å². The van der Waals surface area contributed by atoms with Crippen molar-refractivity contribution in [2.75, 3.05) is 11.4 Å². The van der Waals surface area contributed by atoms with Crippen molar-refractivity contribution in [2.45, 2.75) is 38.0 Å². The first kappa shape index (κ1) is 24.2. The molecule has 0 unspecified atom stereocenters. The van der Waals surface area contributed by atoms with E-state index in [2.05, 4.69) is 20.7 Å². The van der Waals surface area contributed by atoms with Crippen molar-refractivity contribution in [2.24, 2.45) is 0 Å². The number of aryl methyl sites for hydroxylation is 1. The van der Waals surface area contributed by atoms with E-state index in [-0.39, 0.29) is 5.69 Å². The summed E-state index contributed by atoms with van der Waals surface area (Å²) in [6.45, 7) is 2.92. The van der Waals surface area contributed by atoms with Crippen LogP contribution >= 0.6 is 22.9 Å². The third-order valence-electron chi connectivity index (χ3n) is 5.51. The Labute approximate surface area is 208 Å². The molecule has 0 aliphatic heterocycles. The monoisotopic (exact) mass is 514 g/mol. The number of carbonyl (C=O) groups is 1. The van der Waals surface area contributed by atoms with Gasteiger partial charge in [0.1, 0.15) is 5.69 Å². The molecule has 1 aliphatic rings. The fraction of sp³-hybridized carbons (Fsp3) is 0.292. The van der Waals surface area contributed by atoms with E-state index in [1.807, 2.05) is 36.4 Å². The molecule has 34 heavy (non-hydrogen) atoms. The van der Waals surface area contributed by atoms with Crippen LogP contribution in [0.1, 0.15) is 44.9 Å². The molecule has 2 aromatic carbocycles. The second kappa shape index (κ2) is 10.1. The Kier molecular flexibility index (Phi) is 7.22. The van der Waals surface area contributed by atoms with Crippen molar-refractivity contribution in [3.8, 4) is 6.07 Å². The molecule has 10 heteroatoms. The summed E-state index contributed by atoms with van der Waals surface area (Å²) in [6, 6.07) is 17.1. The van der Waals surface area contributed by atoms with Crippen molar-refractivity contribution in [3.05, 3.63) is 80.8 Å². The number of carbonyl (C=O) groups excluding carboxylic acids is 1. The predicted octanol–water partition coefficient (Wildman–Crippen LogP) is 4.45. The number of aromatic nitrogens is 1. The average molecular weight is 515 g/mol. The standard InChI is InChI=1S/C24H23ClN4O3S2/c1-16-22(23(30)28-34(31,32)21-10-11-21)27-24(33-16)29(15-19-6-8-20(25)9-7-19)13-12-17-2-4-18(14-26)5-3-17/h2-9,21H,10-13,15H2,1H3,(H,28,30). The number of amides is 1. The maximum absolute atomic E-state index is 12.7. The van der Waals surface area contributed by atoms with E-state index in [1.165, 1.54) is 11.3 Å². The minimum Gasteiger partial charge on any atom is -0.343 e. The number of benzene rings is 2. The average Bonchev–Trinajstić information content (AvgIpc) is 3.61. The SMILES string of the molecule is Cc1sc(N(CCc2ccc(C#N)cc2)Cc2ccc(Cl)cc2)nc1C(=O)NS(=O)(=O)C1CC1. The number of nitriles is 1. The molecular weight excluding hydrogens is 492 g/mol. The van der Waals surface area contributed by atoms with E-state index >= 15 is 0 Å². The fourth-order valence-corrected chi connectivity index (χ4v) is 5.77. The first-order valence-electron chi connectivity index (χ1n) is 10.8. The van der Waals surface area contributed by atoms with Gasteiger partial charge in [-0.25, -0.2) is 18.1 Å². The lowest BCUT2D eigenvalue weighted by molar-refractivity contribution is 0.0976. The number of halogens is 1. The van der Waals surface area contributed by atoms with Crippen LogP contribution in [0, 0.1) is 18.3 Å². The van der Waals surface area contributed by atoms with Gasteiger partial charge < -0.3 is 4.90 Å². The van der Waals surface area contributed by atoms with E-state index < -0.39 is 21.2 Å². The third kappa shape index (κ3) is 5.95. The number of rotatable bonds is 9. The Morgan fingerprint density at radius 1 is 1.18 bits per heavy atom. The van der Waals surface area contributed by atoms with E-state index in [4.69, 9.17) is 16.9 Å². The predicted molar refractivity (Wildman–Crippen MR) is 134 cm³/mol. The number of anilines is 1. The summed E-state index contributed by atoms with van der Waals surface area (Å²) < 4.78 is 26.6. The van der Waals surface area contributed by atoms with Crippen LogP contribution in [0.4, 0.5) is 5.13 Å². The highest BCUT2D eigenvalue weighted by molar-refractivity contribution is 7.91. The van der Waals surface area contributed by atoms with E-state index in [9.17, 15) is 13.2 Å². The fourth-order valence-electron chi connectivity index (χ4n) is 3.43. The summed E-state index contributed by atoms with van der Waals surface area (Å²) in [4.78, 5) is 19.9. The Morgan fingerprint density at radius 3 is 2.44 bits per heavy atom. The van der Waals surface area contributed by atoms with Crippen LogP contribution in [0.3, 0.4) is 0 Å². The lowest BCUT2D eigenvalue weighted by atomic mass is 10.1. The van der Waals surface area contributed by atoms with Crippen molar-refractivity contribution in [3.63, 3.8) is 0 Å². The molecule has 1 aromatic heterocycles. The van der Waals surface area contributed by atoms with Gasteiger partial charge in [-0.2, -0.15) is 5.26 Å². The molecule has 1 fully saturated rings. The van der Waals surface area contributed by atoms with Crippen molar-refractivity contribution in [1.82, 2.24) is 9.71 Å². The summed E-state index contributed by atoms with van der Waals surface area (Å²) >= 11 is 7.38. The zero-order valence-electron chi connectivity index (χ0n) is 18.5. The number of thiazole rings is 1. The maximum atomic E-state index is 12.7. The molecule has 0 saturated heterocycles. The molecule has 0 bridgehead atoms. The van der Waals surface area contributed by atoms with Crippen LogP contribution < -0.4 is 9.62 Å². The van der Waals surface area contributed by atoms with Crippen molar-refractivity contribution < 1.29 is 13.2 Å². The lowest BCUT2D eigenvalue weighted by Gasteiger charge is -2.22. The van der Waals surface area contributed by atoms with E-state index in [0.717, 1.165) is 11.1 Å². The first-order chi connectivity index (χ1) is 16.2. The molecule has 0 radical (unpaired) electrons. The third-order valence-corrected chi connectivity index (χ3v) is 8.61. The highest BCUT2D eigenvalue weighted by atomic mass is 35.5. The molecule has 0 atom stereocenters. The van der Waals surface area contributed by atoms with Gasteiger partial charge in [-0.15, -0.1) is 11.3 Å². The molecule has 7 nitrogen and oxygen atoms in total. The van der Waals surface area contributed by atoms with Crippen LogP contribution in [0.2, 0.25) is 5.02 Å². The number of sulfonamides is 1. The van der Waals surface area contributed by atoms with E-state index in [1.54, 1.807) is 19.1 Å². The summed E-state index contributed by atoms with van der Waals surface area (Å²) in [5, 5.41) is 9.81. The molecule has 1 N–H and O–H groups in total. The minimum absolute atomic E-state index is 0.128. The second-order valence-electron chi connectivity index (χ2n) is 8.18. The quantitative estimate of drug-likeness (QED) is 0.452. The Hall–Kier alpha value is -2.93. The van der Waals surface area contributed by atoms with Crippen molar-refractivity contribution >= 4 is 44.0 Å². The van der Waals surface area contributed by atoms with Crippen molar-refractivity contribution in [1.29, 1.82) is 5.26 Å². The Balaban J connectivity index is 1.55. The molecule has 1 saturated carbocycles. The number of nitrogens with one attached hydrogen (secondary N) is 1. The zero-order valence-corrected chi connectivity index (χ0v) is 20.9. The Bertz CT molecular complexity index is 1330. The summed E-state index contributed by atoms with van der Waals surface area (Å²) in [6.07, 6.45) is 1.86. The lowest BCUT2D eigenvalue weighted by Crippen LogP contribution is -2.34. The van der Waals surface area contributed by atoms with Gasteiger partial charge in [0.05, 0.1) is 16.9 Å². The molecule has 0 spiro atoms. The number of nitrogens with zero attached hydrogens (tertiary/aromatic N) is 3. The van der Waals surface area contributed by atoms with Gasteiger partial charge >= 0.3 is 0 Å². The molecule has 1 aliphatic carbocycles. The zero-order chi connectivity index (χ0) is 24.3. The normalized spacial score (nSPS) is 13.3. The summed E-state index contributed by atoms with van der Waals surface area (Å²) in [5.74, 6) is -0.689. The maximum Gasteiger partial charge on any atom is 0.284 e. The summed E-state index contributed by atoms with van der Waals surface area (Å²) in [5.41, 5.74) is 2.83. The van der Waals surface area contributed by atoms with Crippen LogP contribution in [0.15, 0.2) is 48.5 Å². The van der Waals surface area contributed by atoms with Gasteiger partial charge in [-0.05, 0) is 61.6 Å². The molecule has 176 valence electrons. The number of hydrogen-bond donors (Lipinski definition) is 1. The molecule has 1 amide bonds. The topological polar surface area (TPSA) is 103 Å². The smallest absolute Gasteiger partial charge is 0.284 e. The van der Waals surface area contributed by atoms with Gasteiger partial charge in [-0.1, -0.05) is 35.9 Å². The van der Waals surface area contributed by atoms with Crippen LogP contribution in [-0.4, -0.2) is 31.1 Å². The highest BCUT2D eigenvalue weighted by Crippen LogP contribution is 2.30. The first-order valence-corrected chi connectivity index (χ1v) is 13.5.